The number of aromatic nitrogens is 2. The molecule has 1 amide bonds. The van der Waals surface area contributed by atoms with E-state index >= 15 is 0 Å². The molecule has 0 saturated carbocycles. The second-order valence-electron chi connectivity index (χ2n) is 4.57. The number of anilines is 1. The third-order valence-electron chi connectivity index (χ3n) is 2.92. The number of benzene rings is 1. The van der Waals surface area contributed by atoms with Crippen molar-refractivity contribution in [1.82, 2.24) is 9.78 Å². The van der Waals surface area contributed by atoms with Crippen LogP contribution in [0.25, 0.3) is 0 Å². The summed E-state index contributed by atoms with van der Waals surface area (Å²) in [5, 5.41) is 6.88. The van der Waals surface area contributed by atoms with Gasteiger partial charge in [0.25, 0.3) is 0 Å². The average molecular weight is 295 g/mol. The highest BCUT2D eigenvalue weighted by atomic mass is 19.1. The Morgan fingerprint density at radius 3 is 2.71 bits per heavy atom. The van der Waals surface area contributed by atoms with Gasteiger partial charge in [0.05, 0.1) is 17.1 Å². The lowest BCUT2D eigenvalue weighted by Gasteiger charge is -2.09. The van der Waals surface area contributed by atoms with Gasteiger partial charge < -0.3 is 10.1 Å². The highest BCUT2D eigenvalue weighted by Gasteiger charge is 2.13. The lowest BCUT2D eigenvalue weighted by molar-refractivity contribution is -0.114. The van der Waals surface area contributed by atoms with Gasteiger partial charge in [-0.3, -0.25) is 4.79 Å². The second-order valence-corrected chi connectivity index (χ2v) is 4.57. The molecule has 1 N–H and O–H groups in total. The Morgan fingerprint density at radius 2 is 2.10 bits per heavy atom. The molecular weight excluding hydrogens is 280 g/mol. The number of nitrogens with one attached hydrogen (secondary N) is 1. The van der Waals surface area contributed by atoms with Gasteiger partial charge in [0, 0.05) is 13.0 Å². The number of aryl methyl sites for hydroxylation is 1. The summed E-state index contributed by atoms with van der Waals surface area (Å²) in [6, 6.07) is 3.08. The quantitative estimate of drug-likeness (QED) is 0.943. The van der Waals surface area contributed by atoms with Gasteiger partial charge in [-0.1, -0.05) is 0 Å². The van der Waals surface area contributed by atoms with Crippen LogP contribution in [0.15, 0.2) is 18.2 Å². The first kappa shape index (κ1) is 15.0. The lowest BCUT2D eigenvalue weighted by atomic mass is 10.3. The van der Waals surface area contributed by atoms with E-state index in [0.29, 0.717) is 17.1 Å². The molecule has 0 bridgehead atoms. The van der Waals surface area contributed by atoms with Gasteiger partial charge in [-0.15, -0.1) is 0 Å². The minimum absolute atomic E-state index is 0.0468. The molecule has 0 aliphatic heterocycles. The number of ether oxygens (including phenoxy) is 1. The van der Waals surface area contributed by atoms with Crippen LogP contribution >= 0.6 is 0 Å². The third kappa shape index (κ3) is 3.36. The summed E-state index contributed by atoms with van der Waals surface area (Å²) in [7, 11) is 0. The van der Waals surface area contributed by atoms with E-state index in [1.54, 1.807) is 13.8 Å². The standard InChI is InChI=1S/C14H15F2N3O2/c1-8-14(17-10(3)20)9(2)19(18-8)7-21-13-5-4-11(15)6-12(13)16/h4-6H,7H2,1-3H3,(H,17,20). The minimum Gasteiger partial charge on any atom is -0.468 e. The maximum Gasteiger partial charge on any atom is 0.221 e. The molecule has 112 valence electrons. The molecule has 1 aromatic heterocycles. The van der Waals surface area contributed by atoms with Crippen molar-refractivity contribution in [2.24, 2.45) is 0 Å². The van der Waals surface area contributed by atoms with Gasteiger partial charge in [0.2, 0.25) is 5.91 Å². The van der Waals surface area contributed by atoms with Crippen molar-refractivity contribution in [3.05, 3.63) is 41.2 Å². The molecule has 0 spiro atoms. The van der Waals surface area contributed by atoms with Gasteiger partial charge in [0.15, 0.2) is 18.3 Å². The van der Waals surface area contributed by atoms with E-state index in [4.69, 9.17) is 4.74 Å². The molecule has 0 saturated heterocycles. The van der Waals surface area contributed by atoms with E-state index in [2.05, 4.69) is 10.4 Å². The Kier molecular flexibility index (Phi) is 4.21. The zero-order valence-corrected chi connectivity index (χ0v) is 11.9. The van der Waals surface area contributed by atoms with Gasteiger partial charge >= 0.3 is 0 Å². The fraction of sp³-hybridized carbons (Fsp3) is 0.286. The molecule has 1 heterocycles. The van der Waals surface area contributed by atoms with Crippen LogP contribution in [0.3, 0.4) is 0 Å². The summed E-state index contributed by atoms with van der Waals surface area (Å²) in [6.07, 6.45) is 0. The van der Waals surface area contributed by atoms with Crippen LogP contribution in [0.2, 0.25) is 0 Å². The lowest BCUT2D eigenvalue weighted by Crippen LogP contribution is -2.11. The summed E-state index contributed by atoms with van der Waals surface area (Å²) in [6.45, 7) is 4.86. The minimum atomic E-state index is -0.779. The average Bonchev–Trinajstić information content (AvgIpc) is 2.65. The molecular formula is C14H15F2N3O2. The first-order chi connectivity index (χ1) is 9.88. The van der Waals surface area contributed by atoms with E-state index in [1.807, 2.05) is 0 Å². The number of halogens is 2. The van der Waals surface area contributed by atoms with E-state index < -0.39 is 11.6 Å². The highest BCUT2D eigenvalue weighted by molar-refractivity contribution is 5.89. The number of carbonyl (C=O) groups excluding carboxylic acids is 1. The molecule has 0 aliphatic carbocycles. The van der Waals surface area contributed by atoms with E-state index in [9.17, 15) is 13.6 Å². The van der Waals surface area contributed by atoms with Crippen LogP contribution < -0.4 is 10.1 Å². The number of nitrogens with zero attached hydrogens (tertiary/aromatic N) is 2. The van der Waals surface area contributed by atoms with E-state index in [1.165, 1.54) is 17.7 Å². The zero-order valence-electron chi connectivity index (χ0n) is 11.9. The first-order valence-corrected chi connectivity index (χ1v) is 6.28. The van der Waals surface area contributed by atoms with Gasteiger partial charge in [-0.2, -0.15) is 5.10 Å². The van der Waals surface area contributed by atoms with Crippen molar-refractivity contribution in [2.75, 3.05) is 5.32 Å². The number of carbonyl (C=O) groups is 1. The molecule has 1 aromatic carbocycles. The summed E-state index contributed by atoms with van der Waals surface area (Å²) in [5.74, 6) is -1.71. The fourth-order valence-corrected chi connectivity index (χ4v) is 1.90. The second kappa shape index (κ2) is 5.90. The SMILES string of the molecule is CC(=O)Nc1c(C)nn(COc2ccc(F)cc2F)c1C. The maximum atomic E-state index is 13.5. The summed E-state index contributed by atoms with van der Waals surface area (Å²) >= 11 is 0. The number of amides is 1. The number of hydrogen-bond acceptors (Lipinski definition) is 3. The molecule has 2 rings (SSSR count). The van der Waals surface area contributed by atoms with E-state index in [0.717, 1.165) is 12.1 Å². The van der Waals surface area contributed by atoms with Gasteiger partial charge in [-0.05, 0) is 26.0 Å². The third-order valence-corrected chi connectivity index (χ3v) is 2.92. The summed E-state index contributed by atoms with van der Waals surface area (Å²) in [5.41, 5.74) is 1.92. The molecule has 0 unspecified atom stereocenters. The summed E-state index contributed by atoms with van der Waals surface area (Å²) in [4.78, 5) is 11.1. The summed E-state index contributed by atoms with van der Waals surface area (Å²) < 4.78 is 33.0. The molecule has 0 atom stereocenters. The number of hydrogen-bond donors (Lipinski definition) is 1. The highest BCUT2D eigenvalue weighted by Crippen LogP contribution is 2.21. The van der Waals surface area contributed by atoms with Gasteiger partial charge in [0.1, 0.15) is 5.82 Å². The number of rotatable bonds is 4. The van der Waals surface area contributed by atoms with Crippen LogP contribution in [-0.4, -0.2) is 15.7 Å². The van der Waals surface area contributed by atoms with Crippen molar-refractivity contribution >= 4 is 11.6 Å². The smallest absolute Gasteiger partial charge is 0.221 e. The Bertz CT molecular complexity index is 683. The first-order valence-electron chi connectivity index (χ1n) is 6.28. The van der Waals surface area contributed by atoms with Crippen LogP contribution in [0.1, 0.15) is 18.3 Å². The Balaban J connectivity index is 2.15. The van der Waals surface area contributed by atoms with Crippen LogP contribution in [0.4, 0.5) is 14.5 Å². The Morgan fingerprint density at radius 1 is 1.38 bits per heavy atom. The molecule has 2 aromatic rings. The molecule has 0 aliphatic rings. The molecule has 21 heavy (non-hydrogen) atoms. The molecule has 0 fully saturated rings. The van der Waals surface area contributed by atoms with Crippen LogP contribution in [0.5, 0.6) is 5.75 Å². The molecule has 7 heteroatoms. The topological polar surface area (TPSA) is 56.2 Å². The molecule has 0 radical (unpaired) electrons. The van der Waals surface area contributed by atoms with Crippen molar-refractivity contribution < 1.29 is 18.3 Å². The van der Waals surface area contributed by atoms with Crippen molar-refractivity contribution in [3.8, 4) is 5.75 Å². The molecule has 5 nitrogen and oxygen atoms in total. The zero-order chi connectivity index (χ0) is 15.6. The normalized spacial score (nSPS) is 10.5. The fourth-order valence-electron chi connectivity index (χ4n) is 1.90. The van der Waals surface area contributed by atoms with Crippen molar-refractivity contribution in [1.29, 1.82) is 0 Å². The largest absolute Gasteiger partial charge is 0.468 e. The Labute approximate surface area is 120 Å². The maximum absolute atomic E-state index is 13.5. The van der Waals surface area contributed by atoms with Crippen LogP contribution in [-0.2, 0) is 11.5 Å². The van der Waals surface area contributed by atoms with Crippen molar-refractivity contribution in [3.63, 3.8) is 0 Å². The van der Waals surface area contributed by atoms with E-state index in [-0.39, 0.29) is 18.4 Å². The predicted molar refractivity (Wildman–Crippen MR) is 73.0 cm³/mol. The van der Waals surface area contributed by atoms with Crippen molar-refractivity contribution in [2.45, 2.75) is 27.5 Å². The Hall–Kier alpha value is -2.44. The van der Waals surface area contributed by atoms with Gasteiger partial charge in [-0.25, -0.2) is 13.5 Å². The van der Waals surface area contributed by atoms with Crippen LogP contribution in [0, 0.1) is 25.5 Å². The predicted octanol–water partition coefficient (Wildman–Crippen LogP) is 2.77. The monoisotopic (exact) mass is 295 g/mol.